The Kier molecular flexibility index (Phi) is 6.27. The zero-order valence-electron chi connectivity index (χ0n) is 16.6. The largest absolute Gasteiger partial charge is 0.422 e. The molecular weight excluding hydrogens is 406 g/mol. The number of nitrogens with zero attached hydrogens (tertiary/aromatic N) is 3. The average Bonchev–Trinajstić information content (AvgIpc) is 2.69. The van der Waals surface area contributed by atoms with Crippen molar-refractivity contribution in [1.82, 2.24) is 15.2 Å². The monoisotopic (exact) mass is 425 g/mol. The number of aromatic amines is 1. The van der Waals surface area contributed by atoms with Crippen LogP contribution in [0.25, 0.3) is 0 Å². The van der Waals surface area contributed by atoms with Crippen LogP contribution in [0.2, 0.25) is 5.02 Å². The van der Waals surface area contributed by atoms with Gasteiger partial charge in [0.25, 0.3) is 5.56 Å². The van der Waals surface area contributed by atoms with Gasteiger partial charge in [-0.25, -0.2) is 10.2 Å². The maximum Gasteiger partial charge on any atom is 0.343 e. The highest BCUT2D eigenvalue weighted by Crippen LogP contribution is 2.19. The quantitative estimate of drug-likeness (QED) is 0.278. The van der Waals surface area contributed by atoms with Crippen LogP contribution in [-0.4, -0.2) is 27.4 Å². The number of hydrogen-bond acceptors (Lipinski definition) is 7. The van der Waals surface area contributed by atoms with Crippen molar-refractivity contribution >= 4 is 29.7 Å². The minimum Gasteiger partial charge on any atom is -0.422 e. The topological polar surface area (TPSA) is 109 Å². The summed E-state index contributed by atoms with van der Waals surface area (Å²) in [4.78, 5) is 27.1. The molecule has 0 spiro atoms. The Morgan fingerprint density at radius 2 is 1.83 bits per heavy atom. The van der Waals surface area contributed by atoms with E-state index in [1.54, 1.807) is 48.5 Å². The normalized spacial score (nSPS) is 11.5. The number of nitrogens with one attached hydrogen (secondary N) is 2. The summed E-state index contributed by atoms with van der Waals surface area (Å²) in [6.07, 6.45) is 1.45. The molecule has 0 saturated carbocycles. The lowest BCUT2D eigenvalue weighted by atomic mass is 9.93. The van der Waals surface area contributed by atoms with Crippen LogP contribution in [0.5, 0.6) is 5.75 Å². The fraction of sp³-hybridized carbons (Fsp3) is 0.190. The summed E-state index contributed by atoms with van der Waals surface area (Å²) in [6.45, 7) is 5.62. The maximum atomic E-state index is 12.3. The molecule has 9 heteroatoms. The molecule has 0 aliphatic rings. The van der Waals surface area contributed by atoms with E-state index in [1.807, 2.05) is 20.8 Å². The van der Waals surface area contributed by atoms with Gasteiger partial charge in [0.15, 0.2) is 0 Å². The number of carbonyl (C=O) groups excluding carboxylic acids is 1. The van der Waals surface area contributed by atoms with Crippen molar-refractivity contribution in [2.75, 3.05) is 5.43 Å². The van der Waals surface area contributed by atoms with Crippen LogP contribution in [0.4, 0.5) is 5.95 Å². The van der Waals surface area contributed by atoms with Crippen LogP contribution in [0.3, 0.4) is 0 Å². The number of benzene rings is 2. The smallest absolute Gasteiger partial charge is 0.343 e. The van der Waals surface area contributed by atoms with Gasteiger partial charge in [0.1, 0.15) is 11.4 Å². The summed E-state index contributed by atoms with van der Waals surface area (Å²) < 4.78 is 5.46. The highest BCUT2D eigenvalue weighted by Gasteiger charge is 2.20. The highest BCUT2D eigenvalue weighted by molar-refractivity contribution is 6.30. The summed E-state index contributed by atoms with van der Waals surface area (Å²) in [5.41, 5.74) is 3.11. The predicted octanol–water partition coefficient (Wildman–Crippen LogP) is 3.78. The molecular formula is C21H20ClN5O3. The van der Waals surface area contributed by atoms with Gasteiger partial charge in [-0.1, -0.05) is 44.5 Å². The molecule has 1 heterocycles. The standard InChI is InChI=1S/C21H20ClN5O3/c1-21(2,3)17-18(28)24-20(27-25-17)26-23-12-14-6-4-5-7-16(14)30-19(29)13-8-10-15(22)11-9-13/h4-12H,1-3H3,(H2,24,26,27,28)/b23-12-. The minimum atomic E-state index is -0.520. The molecule has 2 N–H and O–H groups in total. The Balaban J connectivity index is 1.72. The van der Waals surface area contributed by atoms with Gasteiger partial charge in [-0.3, -0.25) is 9.78 Å². The van der Waals surface area contributed by atoms with Crippen molar-refractivity contribution in [2.45, 2.75) is 26.2 Å². The van der Waals surface area contributed by atoms with Gasteiger partial charge < -0.3 is 4.74 Å². The van der Waals surface area contributed by atoms with E-state index >= 15 is 0 Å². The first kappa shape index (κ1) is 21.2. The number of H-pyrrole nitrogens is 1. The molecule has 0 unspecified atom stereocenters. The van der Waals surface area contributed by atoms with Crippen LogP contribution in [0, 0.1) is 0 Å². The van der Waals surface area contributed by atoms with Crippen molar-refractivity contribution in [2.24, 2.45) is 5.10 Å². The number of aromatic nitrogens is 3. The number of para-hydroxylation sites is 1. The summed E-state index contributed by atoms with van der Waals surface area (Å²) in [7, 11) is 0. The SMILES string of the molecule is CC(C)(C)c1nnc(N/N=C\c2ccccc2OC(=O)c2ccc(Cl)cc2)[nH]c1=O. The number of esters is 1. The van der Waals surface area contributed by atoms with E-state index in [0.29, 0.717) is 27.6 Å². The van der Waals surface area contributed by atoms with Crippen molar-refractivity contribution < 1.29 is 9.53 Å². The second-order valence-electron chi connectivity index (χ2n) is 7.41. The molecule has 0 saturated heterocycles. The fourth-order valence-corrected chi connectivity index (χ4v) is 2.59. The van der Waals surface area contributed by atoms with Crippen LogP contribution in [-0.2, 0) is 5.41 Å². The van der Waals surface area contributed by atoms with Gasteiger partial charge in [0.05, 0.1) is 11.8 Å². The van der Waals surface area contributed by atoms with Crippen LogP contribution in [0.1, 0.15) is 42.4 Å². The summed E-state index contributed by atoms with van der Waals surface area (Å²) in [6, 6.07) is 13.3. The third-order valence-electron chi connectivity index (χ3n) is 3.98. The first-order valence-corrected chi connectivity index (χ1v) is 9.45. The molecule has 154 valence electrons. The van der Waals surface area contributed by atoms with Gasteiger partial charge in [0.2, 0.25) is 5.95 Å². The van der Waals surface area contributed by atoms with Crippen molar-refractivity contribution in [3.05, 3.63) is 80.7 Å². The number of rotatable bonds is 5. The van der Waals surface area contributed by atoms with Crippen molar-refractivity contribution in [3.8, 4) is 5.75 Å². The predicted molar refractivity (Wildman–Crippen MR) is 115 cm³/mol. The Morgan fingerprint density at radius 1 is 1.13 bits per heavy atom. The number of anilines is 1. The molecule has 0 atom stereocenters. The van der Waals surface area contributed by atoms with E-state index in [2.05, 4.69) is 25.7 Å². The Bertz CT molecular complexity index is 1130. The molecule has 3 rings (SSSR count). The van der Waals surface area contributed by atoms with E-state index in [-0.39, 0.29) is 11.5 Å². The van der Waals surface area contributed by atoms with Crippen LogP contribution >= 0.6 is 11.6 Å². The molecule has 30 heavy (non-hydrogen) atoms. The van der Waals surface area contributed by atoms with Crippen LogP contribution < -0.4 is 15.7 Å². The second-order valence-corrected chi connectivity index (χ2v) is 7.84. The van der Waals surface area contributed by atoms with Crippen molar-refractivity contribution in [3.63, 3.8) is 0 Å². The lowest BCUT2D eigenvalue weighted by Gasteiger charge is -2.15. The number of hydrazone groups is 1. The maximum absolute atomic E-state index is 12.3. The van der Waals surface area contributed by atoms with Crippen molar-refractivity contribution in [1.29, 1.82) is 0 Å². The van der Waals surface area contributed by atoms with E-state index in [1.165, 1.54) is 6.21 Å². The number of hydrogen-bond donors (Lipinski definition) is 2. The van der Waals surface area contributed by atoms with E-state index < -0.39 is 11.4 Å². The Morgan fingerprint density at radius 3 is 2.50 bits per heavy atom. The highest BCUT2D eigenvalue weighted by atomic mass is 35.5. The molecule has 0 fully saturated rings. The molecule has 3 aromatic rings. The first-order valence-electron chi connectivity index (χ1n) is 9.07. The van der Waals surface area contributed by atoms with Gasteiger partial charge in [-0.05, 0) is 36.4 Å². The Labute approximate surface area is 178 Å². The van der Waals surface area contributed by atoms with Gasteiger partial charge in [-0.15, -0.1) is 10.2 Å². The van der Waals surface area contributed by atoms with E-state index in [0.717, 1.165) is 0 Å². The molecule has 0 aliphatic heterocycles. The number of carbonyl (C=O) groups is 1. The molecule has 0 radical (unpaired) electrons. The molecule has 0 amide bonds. The molecule has 1 aromatic heterocycles. The third-order valence-corrected chi connectivity index (χ3v) is 4.24. The number of ether oxygens (including phenoxy) is 1. The second kappa shape index (κ2) is 8.87. The molecule has 0 aliphatic carbocycles. The molecule has 8 nitrogen and oxygen atoms in total. The van der Waals surface area contributed by atoms with E-state index in [9.17, 15) is 9.59 Å². The van der Waals surface area contributed by atoms with Gasteiger partial charge >= 0.3 is 5.97 Å². The summed E-state index contributed by atoms with van der Waals surface area (Å²) >= 11 is 5.84. The lowest BCUT2D eigenvalue weighted by molar-refractivity contribution is 0.0734. The molecule has 2 aromatic carbocycles. The zero-order valence-corrected chi connectivity index (χ0v) is 17.4. The lowest BCUT2D eigenvalue weighted by Crippen LogP contribution is -2.28. The Hall–Kier alpha value is -3.52. The van der Waals surface area contributed by atoms with Gasteiger partial charge in [0, 0.05) is 16.0 Å². The third kappa shape index (κ3) is 5.30. The minimum absolute atomic E-state index is 0.0971. The average molecular weight is 426 g/mol. The van der Waals surface area contributed by atoms with Gasteiger partial charge in [-0.2, -0.15) is 5.10 Å². The number of halogens is 1. The van der Waals surface area contributed by atoms with E-state index in [4.69, 9.17) is 16.3 Å². The summed E-state index contributed by atoms with van der Waals surface area (Å²) in [5, 5.41) is 12.5. The van der Waals surface area contributed by atoms with Crippen LogP contribution in [0.15, 0.2) is 58.4 Å². The first-order chi connectivity index (χ1) is 14.2. The zero-order chi connectivity index (χ0) is 21.7. The molecule has 0 bridgehead atoms. The summed E-state index contributed by atoms with van der Waals surface area (Å²) in [5.74, 6) is -0.0982. The fourth-order valence-electron chi connectivity index (χ4n) is 2.47.